The summed E-state index contributed by atoms with van der Waals surface area (Å²) in [7, 11) is 0. The van der Waals surface area contributed by atoms with E-state index in [1.54, 1.807) is 0 Å². The minimum absolute atomic E-state index is 0.0326. The van der Waals surface area contributed by atoms with Crippen LogP contribution in [0.25, 0.3) is 10.9 Å². The van der Waals surface area contributed by atoms with Gasteiger partial charge in [-0.3, -0.25) is 19.9 Å². The number of pyridine rings is 1. The fourth-order valence-corrected chi connectivity index (χ4v) is 2.39. The molecule has 2 heterocycles. The van der Waals surface area contributed by atoms with Crippen LogP contribution in [0.2, 0.25) is 0 Å². The van der Waals surface area contributed by atoms with Crippen molar-refractivity contribution in [2.75, 3.05) is 5.32 Å². The van der Waals surface area contributed by atoms with Gasteiger partial charge in [0.1, 0.15) is 11.3 Å². The number of hydrogen-bond donors (Lipinski definition) is 1. The van der Waals surface area contributed by atoms with Crippen LogP contribution >= 0.6 is 0 Å². The number of ether oxygens (including phenoxy) is 1. The zero-order valence-electron chi connectivity index (χ0n) is 14.3. The maximum absolute atomic E-state index is 10.6. The fourth-order valence-electron chi connectivity index (χ4n) is 2.39. The molecular formula is C19H19N3O4. The Labute approximate surface area is 150 Å². The smallest absolute Gasteiger partial charge is 0.301 e. The largest absolute Gasteiger partial charge is 0.488 e. The van der Waals surface area contributed by atoms with Crippen LogP contribution in [0.4, 0.5) is 6.01 Å². The first-order valence-corrected chi connectivity index (χ1v) is 8.34. The standard InChI is InChI=1S/C13H13NO.C6H6N2O3/c1-4-10-5-3-9-14-13(10)12(8-1)15-11-6-2-7-11;1-4(10)5-2-7-6(11-5)8-3-9/h1,3-5,8-9,11H,2,6-7H2;2-3H,1H3,(H,7,8,9). The Hall–Kier alpha value is -3.22. The summed E-state index contributed by atoms with van der Waals surface area (Å²) in [5, 5.41) is 3.32. The summed E-state index contributed by atoms with van der Waals surface area (Å²) in [4.78, 5) is 28.4. The predicted octanol–water partition coefficient (Wildman–Crippen LogP) is 3.61. The Morgan fingerprint density at radius 1 is 1.27 bits per heavy atom. The van der Waals surface area contributed by atoms with Gasteiger partial charge in [0, 0.05) is 18.5 Å². The quantitative estimate of drug-likeness (QED) is 0.556. The molecule has 1 N–H and O–H groups in total. The molecule has 1 aromatic carbocycles. The van der Waals surface area contributed by atoms with Crippen LogP contribution in [-0.4, -0.2) is 28.3 Å². The molecule has 1 fully saturated rings. The van der Waals surface area contributed by atoms with Crippen molar-refractivity contribution in [3.8, 4) is 5.75 Å². The van der Waals surface area contributed by atoms with Gasteiger partial charge in [-0.05, 0) is 31.4 Å². The molecule has 0 bridgehead atoms. The highest BCUT2D eigenvalue weighted by atomic mass is 16.5. The Morgan fingerprint density at radius 3 is 2.73 bits per heavy atom. The number of nitrogens with one attached hydrogen (secondary N) is 1. The zero-order chi connectivity index (χ0) is 18.4. The number of carbonyl (C=O) groups is 2. The second-order valence-electron chi connectivity index (χ2n) is 5.85. The van der Waals surface area contributed by atoms with E-state index in [1.807, 2.05) is 24.4 Å². The van der Waals surface area contributed by atoms with Crippen LogP contribution < -0.4 is 10.1 Å². The molecule has 7 nitrogen and oxygen atoms in total. The van der Waals surface area contributed by atoms with Crippen molar-refractivity contribution in [1.29, 1.82) is 0 Å². The highest BCUT2D eigenvalue weighted by Gasteiger charge is 2.19. The number of carbonyl (C=O) groups excluding carboxylic acids is 2. The van der Waals surface area contributed by atoms with Crippen LogP contribution in [0.1, 0.15) is 36.7 Å². The molecule has 1 amide bonds. The molecule has 0 spiro atoms. The highest BCUT2D eigenvalue weighted by molar-refractivity contribution is 5.91. The summed E-state index contributed by atoms with van der Waals surface area (Å²) in [6, 6.07) is 10.2. The molecule has 2 aromatic heterocycles. The molecule has 1 aliphatic rings. The number of Topliss-reactive ketones (excluding diaryl/α,β-unsaturated/α-hetero) is 1. The van der Waals surface area contributed by atoms with E-state index in [2.05, 4.69) is 27.4 Å². The summed E-state index contributed by atoms with van der Waals surface area (Å²) in [5.41, 5.74) is 0.979. The van der Waals surface area contributed by atoms with E-state index in [0.29, 0.717) is 12.5 Å². The van der Waals surface area contributed by atoms with Crippen molar-refractivity contribution < 1.29 is 18.7 Å². The SMILES string of the molecule is CC(=O)c1cnc(NC=O)o1.c1cnc2c(OC3CCC3)cccc2c1. The van der Waals surface area contributed by atoms with Crippen LogP contribution in [-0.2, 0) is 4.79 Å². The molecule has 4 rings (SSSR count). The summed E-state index contributed by atoms with van der Waals surface area (Å²) in [5.74, 6) is 0.837. The van der Waals surface area contributed by atoms with Gasteiger partial charge in [-0.1, -0.05) is 18.2 Å². The van der Waals surface area contributed by atoms with Gasteiger partial charge in [-0.25, -0.2) is 4.98 Å². The lowest BCUT2D eigenvalue weighted by atomic mass is 9.96. The van der Waals surface area contributed by atoms with Crippen LogP contribution in [0.15, 0.2) is 47.1 Å². The Kier molecular flexibility index (Phi) is 5.58. The van der Waals surface area contributed by atoms with Crippen LogP contribution in [0.5, 0.6) is 5.75 Å². The van der Waals surface area contributed by atoms with Gasteiger partial charge < -0.3 is 9.15 Å². The summed E-state index contributed by atoms with van der Waals surface area (Å²) < 4.78 is 10.7. The second-order valence-corrected chi connectivity index (χ2v) is 5.85. The monoisotopic (exact) mass is 353 g/mol. The second kappa shape index (κ2) is 8.24. The van der Waals surface area contributed by atoms with Gasteiger partial charge in [-0.2, -0.15) is 0 Å². The lowest BCUT2D eigenvalue weighted by Gasteiger charge is -2.26. The topological polar surface area (TPSA) is 94.3 Å². The molecule has 0 aliphatic heterocycles. The highest BCUT2D eigenvalue weighted by Crippen LogP contribution is 2.29. The van der Waals surface area contributed by atoms with E-state index >= 15 is 0 Å². The molecule has 26 heavy (non-hydrogen) atoms. The van der Waals surface area contributed by atoms with Gasteiger partial charge in [-0.15, -0.1) is 0 Å². The van der Waals surface area contributed by atoms with E-state index in [9.17, 15) is 9.59 Å². The number of ketones is 1. The number of nitrogens with zero attached hydrogens (tertiary/aromatic N) is 2. The summed E-state index contributed by atoms with van der Waals surface area (Å²) in [6.07, 6.45) is 7.58. The van der Waals surface area contributed by atoms with Crippen molar-refractivity contribution in [1.82, 2.24) is 9.97 Å². The molecule has 1 saturated carbocycles. The van der Waals surface area contributed by atoms with Gasteiger partial charge in [0.2, 0.25) is 6.41 Å². The molecule has 1 aliphatic carbocycles. The van der Waals surface area contributed by atoms with Crippen molar-refractivity contribution in [3.63, 3.8) is 0 Å². The van der Waals surface area contributed by atoms with E-state index in [4.69, 9.17) is 9.15 Å². The number of amides is 1. The predicted molar refractivity (Wildman–Crippen MR) is 96.2 cm³/mol. The minimum Gasteiger partial charge on any atom is -0.488 e. The van der Waals surface area contributed by atoms with Gasteiger partial charge in [0.15, 0.2) is 11.5 Å². The van der Waals surface area contributed by atoms with E-state index in [-0.39, 0.29) is 17.6 Å². The van der Waals surface area contributed by atoms with Gasteiger partial charge >= 0.3 is 6.01 Å². The maximum Gasteiger partial charge on any atom is 0.301 e. The first-order chi connectivity index (χ1) is 12.7. The number of para-hydroxylation sites is 1. The first kappa shape index (κ1) is 17.6. The van der Waals surface area contributed by atoms with Gasteiger partial charge in [0.25, 0.3) is 0 Å². The van der Waals surface area contributed by atoms with Crippen molar-refractivity contribution in [2.24, 2.45) is 0 Å². The van der Waals surface area contributed by atoms with Crippen LogP contribution in [0, 0.1) is 0 Å². The molecule has 3 aromatic rings. The van der Waals surface area contributed by atoms with E-state index in [0.717, 1.165) is 16.7 Å². The van der Waals surface area contributed by atoms with Crippen molar-refractivity contribution >= 4 is 29.1 Å². The number of rotatable bonds is 5. The summed E-state index contributed by atoms with van der Waals surface area (Å²) >= 11 is 0. The lowest BCUT2D eigenvalue weighted by Crippen LogP contribution is -2.24. The van der Waals surface area contributed by atoms with Gasteiger partial charge in [0.05, 0.1) is 12.3 Å². The summed E-state index contributed by atoms with van der Waals surface area (Å²) in [6.45, 7) is 1.35. The molecule has 0 saturated heterocycles. The molecule has 0 unspecified atom stereocenters. The molecule has 134 valence electrons. The Morgan fingerprint density at radius 2 is 2.08 bits per heavy atom. The minimum atomic E-state index is -0.226. The first-order valence-electron chi connectivity index (χ1n) is 8.34. The number of aromatic nitrogens is 2. The van der Waals surface area contributed by atoms with Crippen molar-refractivity contribution in [3.05, 3.63) is 48.5 Å². The van der Waals surface area contributed by atoms with E-state index < -0.39 is 0 Å². The Balaban J connectivity index is 0.000000160. The normalized spacial score (nSPS) is 13.3. The number of benzene rings is 1. The van der Waals surface area contributed by atoms with Crippen LogP contribution in [0.3, 0.4) is 0 Å². The fraction of sp³-hybridized carbons (Fsp3) is 0.263. The average molecular weight is 353 g/mol. The molecule has 0 radical (unpaired) electrons. The molecular weight excluding hydrogens is 334 g/mol. The number of fused-ring (bicyclic) bond motifs is 1. The Bertz CT molecular complexity index is 897. The third-order valence-corrected chi connectivity index (χ3v) is 3.98. The van der Waals surface area contributed by atoms with E-state index in [1.165, 1.54) is 32.4 Å². The molecule has 7 heteroatoms. The maximum atomic E-state index is 10.6. The third-order valence-electron chi connectivity index (χ3n) is 3.98. The molecule has 0 atom stereocenters. The van der Waals surface area contributed by atoms with Crippen molar-refractivity contribution in [2.45, 2.75) is 32.3 Å². The number of anilines is 1. The number of hydrogen-bond acceptors (Lipinski definition) is 6. The number of oxazole rings is 1. The third kappa shape index (κ3) is 4.24. The lowest BCUT2D eigenvalue weighted by molar-refractivity contribution is -0.105. The average Bonchev–Trinajstić information content (AvgIpc) is 3.08. The zero-order valence-corrected chi connectivity index (χ0v) is 14.3.